The van der Waals surface area contributed by atoms with Gasteiger partial charge in [-0.05, 0) is 6.42 Å². The summed E-state index contributed by atoms with van der Waals surface area (Å²) < 4.78 is 48.6. The van der Waals surface area contributed by atoms with Crippen LogP contribution in [-0.4, -0.2) is 42.3 Å². The van der Waals surface area contributed by atoms with Gasteiger partial charge in [0.15, 0.2) is 0 Å². The van der Waals surface area contributed by atoms with Gasteiger partial charge in [0.2, 0.25) is 0 Å². The molecule has 7 heteroatoms. The van der Waals surface area contributed by atoms with Crippen molar-refractivity contribution in [3.63, 3.8) is 0 Å². The van der Waals surface area contributed by atoms with E-state index in [4.69, 9.17) is 5.73 Å². The third-order valence-corrected chi connectivity index (χ3v) is 1.96. The molecule has 1 fully saturated rings. The molecule has 0 bridgehead atoms. The number of nitrogens with zero attached hydrogens (tertiary/aromatic N) is 1. The molecule has 2 atom stereocenters. The second-order valence-electron chi connectivity index (χ2n) is 3.30. The van der Waals surface area contributed by atoms with Crippen molar-refractivity contribution < 1.29 is 22.4 Å². The standard InChI is InChI=1S/C7H10F4N2O/c8-4-1-5(12)3-13(2-4)6(14)7(9,10)11/h4-5H,1-3,12H2. The van der Waals surface area contributed by atoms with Crippen LogP contribution >= 0.6 is 0 Å². The predicted molar refractivity (Wildman–Crippen MR) is 40.1 cm³/mol. The van der Waals surface area contributed by atoms with Gasteiger partial charge in [0.1, 0.15) is 6.17 Å². The Morgan fingerprint density at radius 3 is 2.36 bits per heavy atom. The zero-order valence-electron chi connectivity index (χ0n) is 7.22. The van der Waals surface area contributed by atoms with Gasteiger partial charge in [-0.15, -0.1) is 0 Å². The SMILES string of the molecule is NC1CC(F)CN(C(=O)C(F)(F)F)C1. The Kier molecular flexibility index (Phi) is 2.98. The van der Waals surface area contributed by atoms with Crippen molar-refractivity contribution in [2.45, 2.75) is 24.8 Å². The molecule has 82 valence electrons. The summed E-state index contributed by atoms with van der Waals surface area (Å²) in [5.74, 6) is -2.02. The third-order valence-electron chi connectivity index (χ3n) is 1.96. The number of carbonyl (C=O) groups excluding carboxylic acids is 1. The van der Waals surface area contributed by atoms with Gasteiger partial charge < -0.3 is 10.6 Å². The number of likely N-dealkylation sites (tertiary alicyclic amines) is 1. The Bertz CT molecular complexity index is 220. The van der Waals surface area contributed by atoms with Crippen molar-refractivity contribution >= 4 is 5.91 Å². The Hall–Kier alpha value is -0.850. The summed E-state index contributed by atoms with van der Waals surface area (Å²) in [6.07, 6.45) is -6.41. The van der Waals surface area contributed by atoms with Gasteiger partial charge in [0.25, 0.3) is 0 Å². The van der Waals surface area contributed by atoms with Gasteiger partial charge in [-0.1, -0.05) is 0 Å². The molecule has 0 saturated carbocycles. The molecule has 1 rings (SSSR count). The molecule has 0 aromatic heterocycles. The predicted octanol–water partition coefficient (Wildman–Crippen LogP) is 0.446. The van der Waals surface area contributed by atoms with Crippen LogP contribution in [0, 0.1) is 0 Å². The van der Waals surface area contributed by atoms with Crippen LogP contribution in [-0.2, 0) is 4.79 Å². The first-order valence-electron chi connectivity index (χ1n) is 4.06. The van der Waals surface area contributed by atoms with E-state index in [1.807, 2.05) is 0 Å². The molecule has 1 aliphatic rings. The molecular formula is C7H10F4N2O. The molecular weight excluding hydrogens is 204 g/mol. The maximum absolute atomic E-state index is 12.8. The number of hydrogen-bond donors (Lipinski definition) is 1. The summed E-state index contributed by atoms with van der Waals surface area (Å²) >= 11 is 0. The van der Waals surface area contributed by atoms with E-state index < -0.39 is 30.8 Å². The summed E-state index contributed by atoms with van der Waals surface area (Å²) in [4.78, 5) is 11.1. The molecule has 2 unspecified atom stereocenters. The van der Waals surface area contributed by atoms with Gasteiger partial charge in [-0.3, -0.25) is 4.79 Å². The fraction of sp³-hybridized carbons (Fsp3) is 0.857. The highest BCUT2D eigenvalue weighted by Gasteiger charge is 2.44. The van der Waals surface area contributed by atoms with E-state index in [9.17, 15) is 22.4 Å². The van der Waals surface area contributed by atoms with Crippen molar-refractivity contribution in [3.05, 3.63) is 0 Å². The summed E-state index contributed by atoms with van der Waals surface area (Å²) in [6, 6.07) is -0.718. The van der Waals surface area contributed by atoms with E-state index in [-0.39, 0.29) is 13.0 Å². The summed E-state index contributed by atoms with van der Waals surface area (Å²) in [6.45, 7) is -0.759. The normalized spacial score (nSPS) is 29.1. The molecule has 2 N–H and O–H groups in total. The number of piperidine rings is 1. The van der Waals surface area contributed by atoms with E-state index in [0.717, 1.165) is 0 Å². The lowest BCUT2D eigenvalue weighted by Gasteiger charge is -2.33. The van der Waals surface area contributed by atoms with Crippen molar-refractivity contribution in [2.75, 3.05) is 13.1 Å². The van der Waals surface area contributed by atoms with Crippen LogP contribution in [0.3, 0.4) is 0 Å². The first-order chi connectivity index (χ1) is 6.30. The van der Waals surface area contributed by atoms with Crippen LogP contribution in [0.2, 0.25) is 0 Å². The van der Waals surface area contributed by atoms with E-state index in [1.54, 1.807) is 0 Å². The smallest absolute Gasteiger partial charge is 0.330 e. The lowest BCUT2D eigenvalue weighted by molar-refractivity contribution is -0.187. The minimum atomic E-state index is -4.95. The average Bonchev–Trinajstić information content (AvgIpc) is 1.99. The summed E-state index contributed by atoms with van der Waals surface area (Å²) in [5.41, 5.74) is 5.30. The second kappa shape index (κ2) is 3.72. The highest BCUT2D eigenvalue weighted by molar-refractivity contribution is 5.82. The largest absolute Gasteiger partial charge is 0.471 e. The first-order valence-corrected chi connectivity index (χ1v) is 4.06. The monoisotopic (exact) mass is 214 g/mol. The molecule has 14 heavy (non-hydrogen) atoms. The van der Waals surface area contributed by atoms with E-state index in [2.05, 4.69) is 0 Å². The quantitative estimate of drug-likeness (QED) is 0.595. The topological polar surface area (TPSA) is 46.3 Å². The van der Waals surface area contributed by atoms with Gasteiger partial charge >= 0.3 is 12.1 Å². The number of amides is 1. The zero-order chi connectivity index (χ0) is 10.9. The van der Waals surface area contributed by atoms with E-state index in [0.29, 0.717) is 4.90 Å². The van der Waals surface area contributed by atoms with Crippen molar-refractivity contribution in [2.24, 2.45) is 5.73 Å². The van der Waals surface area contributed by atoms with Crippen LogP contribution in [0.15, 0.2) is 0 Å². The number of carbonyl (C=O) groups is 1. The fourth-order valence-electron chi connectivity index (χ4n) is 1.42. The van der Waals surface area contributed by atoms with Crippen LogP contribution in [0.4, 0.5) is 17.6 Å². The fourth-order valence-corrected chi connectivity index (χ4v) is 1.42. The lowest BCUT2D eigenvalue weighted by Crippen LogP contribution is -2.53. The number of nitrogens with two attached hydrogens (primary N) is 1. The highest BCUT2D eigenvalue weighted by Crippen LogP contribution is 2.22. The summed E-state index contributed by atoms with van der Waals surface area (Å²) in [7, 11) is 0. The van der Waals surface area contributed by atoms with Crippen LogP contribution in [0.5, 0.6) is 0 Å². The van der Waals surface area contributed by atoms with Gasteiger partial charge in [-0.25, -0.2) is 4.39 Å². The Labute approximate surface area is 77.8 Å². The van der Waals surface area contributed by atoms with Gasteiger partial charge in [0.05, 0.1) is 6.54 Å². The van der Waals surface area contributed by atoms with Crippen LogP contribution in [0.25, 0.3) is 0 Å². The molecule has 0 aliphatic carbocycles. The Morgan fingerprint density at radius 2 is 1.93 bits per heavy atom. The van der Waals surface area contributed by atoms with Gasteiger partial charge in [-0.2, -0.15) is 13.2 Å². The molecule has 1 saturated heterocycles. The summed E-state index contributed by atoms with van der Waals surface area (Å²) in [5, 5.41) is 0. The number of alkyl halides is 4. The van der Waals surface area contributed by atoms with Crippen LogP contribution in [0.1, 0.15) is 6.42 Å². The molecule has 1 aliphatic heterocycles. The molecule has 0 aromatic carbocycles. The maximum Gasteiger partial charge on any atom is 0.471 e. The Morgan fingerprint density at radius 1 is 1.36 bits per heavy atom. The lowest BCUT2D eigenvalue weighted by atomic mass is 10.1. The molecule has 0 spiro atoms. The average molecular weight is 214 g/mol. The minimum Gasteiger partial charge on any atom is -0.330 e. The molecule has 1 amide bonds. The molecule has 1 heterocycles. The van der Waals surface area contributed by atoms with Gasteiger partial charge in [0, 0.05) is 12.6 Å². The molecule has 0 aromatic rings. The van der Waals surface area contributed by atoms with E-state index >= 15 is 0 Å². The highest BCUT2D eigenvalue weighted by atomic mass is 19.4. The number of hydrogen-bond acceptors (Lipinski definition) is 2. The zero-order valence-corrected chi connectivity index (χ0v) is 7.22. The number of rotatable bonds is 0. The molecule has 0 radical (unpaired) electrons. The van der Waals surface area contributed by atoms with E-state index in [1.165, 1.54) is 0 Å². The Balaban J connectivity index is 2.64. The second-order valence-corrected chi connectivity index (χ2v) is 3.30. The van der Waals surface area contributed by atoms with Crippen molar-refractivity contribution in [1.82, 2.24) is 4.90 Å². The van der Waals surface area contributed by atoms with Crippen LogP contribution < -0.4 is 5.73 Å². The van der Waals surface area contributed by atoms with Crippen molar-refractivity contribution in [3.8, 4) is 0 Å². The third kappa shape index (κ3) is 2.57. The maximum atomic E-state index is 12.8. The van der Waals surface area contributed by atoms with Crippen molar-refractivity contribution in [1.29, 1.82) is 0 Å². The first kappa shape index (κ1) is 11.2. The molecule has 3 nitrogen and oxygen atoms in total. The number of halogens is 4. The minimum absolute atomic E-state index is 0.00162.